The second-order valence-corrected chi connectivity index (χ2v) is 5.16. The zero-order valence-corrected chi connectivity index (χ0v) is 12.2. The second-order valence-electron chi connectivity index (χ2n) is 5.16. The summed E-state index contributed by atoms with van der Waals surface area (Å²) in [6.07, 6.45) is 1.54. The average Bonchev–Trinajstić information content (AvgIpc) is 2.77. The molecule has 6 heteroatoms. The van der Waals surface area contributed by atoms with Crippen LogP contribution in [-0.2, 0) is 4.79 Å². The molecule has 0 spiro atoms. The van der Waals surface area contributed by atoms with Crippen molar-refractivity contribution in [1.29, 1.82) is 0 Å². The monoisotopic (exact) mass is 279 g/mol. The number of aryl methyl sites for hydroxylation is 1. The predicted molar refractivity (Wildman–Crippen MR) is 75.1 cm³/mol. The van der Waals surface area contributed by atoms with E-state index in [0.29, 0.717) is 31.4 Å². The minimum atomic E-state index is -0.755. The highest BCUT2D eigenvalue weighted by Crippen LogP contribution is 2.28. The van der Waals surface area contributed by atoms with Gasteiger partial charge in [0.2, 0.25) is 11.8 Å². The van der Waals surface area contributed by atoms with Gasteiger partial charge in [-0.2, -0.15) is 4.98 Å². The van der Waals surface area contributed by atoms with E-state index in [2.05, 4.69) is 9.97 Å². The number of nitrogens with zero attached hydrogens (tertiary/aromatic N) is 3. The number of carboxylic acid groups (broad SMARTS) is 1. The Kier molecular flexibility index (Phi) is 4.42. The van der Waals surface area contributed by atoms with Gasteiger partial charge in [-0.3, -0.25) is 4.79 Å². The predicted octanol–water partition coefficient (Wildman–Crippen LogP) is 1.87. The van der Waals surface area contributed by atoms with Crippen LogP contribution in [0.3, 0.4) is 0 Å². The molecule has 110 valence electrons. The van der Waals surface area contributed by atoms with Crippen LogP contribution in [0.25, 0.3) is 0 Å². The summed E-state index contributed by atoms with van der Waals surface area (Å²) in [4.78, 5) is 21.9. The van der Waals surface area contributed by atoms with Crippen molar-refractivity contribution in [3.63, 3.8) is 0 Å². The summed E-state index contributed by atoms with van der Waals surface area (Å²) in [7, 11) is 0. The van der Waals surface area contributed by atoms with Gasteiger partial charge in [0.15, 0.2) is 0 Å². The number of anilines is 1. The van der Waals surface area contributed by atoms with Gasteiger partial charge in [0.1, 0.15) is 0 Å². The molecule has 1 aromatic heterocycles. The van der Waals surface area contributed by atoms with E-state index >= 15 is 0 Å². The highest BCUT2D eigenvalue weighted by molar-refractivity contribution is 5.72. The third-order valence-electron chi connectivity index (χ3n) is 3.60. The fourth-order valence-corrected chi connectivity index (χ4v) is 2.49. The van der Waals surface area contributed by atoms with E-state index < -0.39 is 5.97 Å². The number of carbonyl (C=O) groups is 1. The molecule has 0 saturated carbocycles. The molecule has 2 unspecified atom stereocenters. The van der Waals surface area contributed by atoms with Crippen LogP contribution in [0.4, 0.5) is 5.95 Å². The molecule has 0 radical (unpaired) electrons. The lowest BCUT2D eigenvalue weighted by Crippen LogP contribution is -2.34. The molecule has 0 aliphatic carbocycles. The number of aliphatic carboxylic acids is 1. The molecule has 6 nitrogen and oxygen atoms in total. The number of ether oxygens (including phenoxy) is 1. The van der Waals surface area contributed by atoms with E-state index in [4.69, 9.17) is 4.74 Å². The molecule has 1 N–H and O–H groups in total. The lowest BCUT2D eigenvalue weighted by atomic mass is 10.0. The Morgan fingerprint density at radius 1 is 1.55 bits per heavy atom. The summed E-state index contributed by atoms with van der Waals surface area (Å²) < 4.78 is 5.55. The fraction of sp³-hybridized carbons (Fsp3) is 0.643. The van der Waals surface area contributed by atoms with E-state index in [9.17, 15) is 9.90 Å². The number of rotatable bonds is 5. The Balaban J connectivity index is 2.20. The highest BCUT2D eigenvalue weighted by atomic mass is 16.5. The van der Waals surface area contributed by atoms with Crippen molar-refractivity contribution in [2.45, 2.75) is 39.7 Å². The first-order valence-electron chi connectivity index (χ1n) is 7.01. The minimum Gasteiger partial charge on any atom is -0.481 e. The lowest BCUT2D eigenvalue weighted by Gasteiger charge is -2.23. The number of carboxylic acids is 1. The van der Waals surface area contributed by atoms with Crippen molar-refractivity contribution in [3.8, 4) is 5.88 Å². The first-order valence-corrected chi connectivity index (χ1v) is 7.01. The zero-order chi connectivity index (χ0) is 14.7. The molecule has 0 amide bonds. The summed E-state index contributed by atoms with van der Waals surface area (Å²) in [5, 5.41) is 9.18. The van der Waals surface area contributed by atoms with E-state index in [1.807, 2.05) is 25.7 Å². The average molecular weight is 279 g/mol. The van der Waals surface area contributed by atoms with Crippen LogP contribution in [0.5, 0.6) is 5.88 Å². The van der Waals surface area contributed by atoms with Crippen LogP contribution in [0, 0.1) is 12.8 Å². The van der Waals surface area contributed by atoms with Gasteiger partial charge in [-0.1, -0.05) is 6.92 Å². The Morgan fingerprint density at radius 2 is 2.30 bits per heavy atom. The van der Waals surface area contributed by atoms with Gasteiger partial charge in [-0.25, -0.2) is 4.98 Å². The maximum atomic E-state index is 11.2. The normalized spacial score (nSPS) is 22.1. The van der Waals surface area contributed by atoms with Crippen LogP contribution in [0.15, 0.2) is 6.07 Å². The van der Waals surface area contributed by atoms with Gasteiger partial charge in [-0.15, -0.1) is 0 Å². The molecular formula is C14H21N3O3. The maximum Gasteiger partial charge on any atom is 0.308 e. The molecule has 0 bridgehead atoms. The summed E-state index contributed by atoms with van der Waals surface area (Å²) in [6, 6.07) is 1.70. The van der Waals surface area contributed by atoms with Crippen LogP contribution in [-0.4, -0.2) is 40.2 Å². The summed E-state index contributed by atoms with van der Waals surface area (Å²) in [6.45, 7) is 7.11. The van der Waals surface area contributed by atoms with Gasteiger partial charge in [-0.05, 0) is 26.7 Å². The molecule has 1 aliphatic rings. The third kappa shape index (κ3) is 3.00. The Hall–Kier alpha value is -1.85. The van der Waals surface area contributed by atoms with E-state index in [-0.39, 0.29) is 12.0 Å². The van der Waals surface area contributed by atoms with Crippen molar-refractivity contribution in [2.75, 3.05) is 18.1 Å². The Labute approximate surface area is 118 Å². The quantitative estimate of drug-likeness (QED) is 0.887. The molecule has 1 fully saturated rings. The molecule has 20 heavy (non-hydrogen) atoms. The number of hydrogen-bond donors (Lipinski definition) is 1. The molecule has 2 rings (SSSR count). The smallest absolute Gasteiger partial charge is 0.308 e. The molecule has 2 atom stereocenters. The largest absolute Gasteiger partial charge is 0.481 e. The first kappa shape index (κ1) is 14.6. The van der Waals surface area contributed by atoms with Gasteiger partial charge in [0.05, 0.1) is 12.5 Å². The van der Waals surface area contributed by atoms with Crippen LogP contribution in [0.2, 0.25) is 0 Å². The van der Waals surface area contributed by atoms with E-state index in [1.165, 1.54) is 0 Å². The summed E-state index contributed by atoms with van der Waals surface area (Å²) in [5.41, 5.74) is 0.826. The van der Waals surface area contributed by atoms with Gasteiger partial charge < -0.3 is 14.7 Å². The molecule has 2 heterocycles. The van der Waals surface area contributed by atoms with E-state index in [1.54, 1.807) is 6.07 Å². The van der Waals surface area contributed by atoms with Gasteiger partial charge >= 0.3 is 5.97 Å². The molecule has 0 aromatic carbocycles. The van der Waals surface area contributed by atoms with Crippen molar-refractivity contribution in [3.05, 3.63) is 11.8 Å². The molecular weight excluding hydrogens is 258 g/mol. The van der Waals surface area contributed by atoms with Gasteiger partial charge in [0.25, 0.3) is 0 Å². The SMILES string of the molecule is CCCOc1cc(C)nc(N2CCC(C(=O)O)C2C)n1. The molecule has 1 aromatic rings. The van der Waals surface area contributed by atoms with E-state index in [0.717, 1.165) is 12.1 Å². The van der Waals surface area contributed by atoms with Gasteiger partial charge in [0, 0.05) is 24.3 Å². The van der Waals surface area contributed by atoms with Crippen molar-refractivity contribution >= 4 is 11.9 Å². The second kappa shape index (κ2) is 6.07. The minimum absolute atomic E-state index is 0.103. The van der Waals surface area contributed by atoms with Crippen LogP contribution >= 0.6 is 0 Å². The summed E-state index contributed by atoms with van der Waals surface area (Å²) >= 11 is 0. The maximum absolute atomic E-state index is 11.2. The number of hydrogen-bond acceptors (Lipinski definition) is 5. The third-order valence-corrected chi connectivity index (χ3v) is 3.60. The lowest BCUT2D eigenvalue weighted by molar-refractivity contribution is -0.141. The fourth-order valence-electron chi connectivity index (χ4n) is 2.49. The first-order chi connectivity index (χ1) is 9.52. The standard InChI is InChI=1S/C14H21N3O3/c1-4-7-20-12-8-9(2)15-14(16-12)17-6-5-11(10(17)3)13(18)19/h8,10-11H,4-7H2,1-3H3,(H,18,19). The van der Waals surface area contributed by atoms with Crippen molar-refractivity contribution < 1.29 is 14.6 Å². The van der Waals surface area contributed by atoms with Crippen LogP contribution < -0.4 is 9.64 Å². The number of aromatic nitrogens is 2. The Bertz CT molecular complexity index is 493. The Morgan fingerprint density at radius 3 is 2.90 bits per heavy atom. The van der Waals surface area contributed by atoms with Crippen LogP contribution in [0.1, 0.15) is 32.4 Å². The molecule has 1 aliphatic heterocycles. The van der Waals surface area contributed by atoms with Crippen molar-refractivity contribution in [1.82, 2.24) is 9.97 Å². The highest BCUT2D eigenvalue weighted by Gasteiger charge is 2.37. The zero-order valence-electron chi connectivity index (χ0n) is 12.2. The van der Waals surface area contributed by atoms with Crippen molar-refractivity contribution in [2.24, 2.45) is 5.92 Å². The molecule has 1 saturated heterocycles. The topological polar surface area (TPSA) is 75.5 Å². The summed E-state index contributed by atoms with van der Waals surface area (Å²) in [5.74, 6) is 0.00177.